The quantitative estimate of drug-likeness (QED) is 0.327. The third kappa shape index (κ3) is 6.65. The van der Waals surface area contributed by atoms with Crippen LogP contribution >= 0.6 is 0 Å². The zero-order valence-electron chi connectivity index (χ0n) is 21.4. The Bertz CT molecular complexity index is 1000. The summed E-state index contributed by atoms with van der Waals surface area (Å²) in [7, 11) is 0. The van der Waals surface area contributed by atoms with Gasteiger partial charge in [0.25, 0.3) is 0 Å². The van der Waals surface area contributed by atoms with Crippen molar-refractivity contribution in [3.63, 3.8) is 0 Å². The number of nitrogens with zero attached hydrogens (tertiary/aromatic N) is 1. The van der Waals surface area contributed by atoms with Crippen molar-refractivity contribution in [1.29, 1.82) is 0 Å². The summed E-state index contributed by atoms with van der Waals surface area (Å²) in [6.45, 7) is 1.01. The molecule has 2 aromatic rings. The summed E-state index contributed by atoms with van der Waals surface area (Å²) in [6.07, 6.45) is 13.5. The van der Waals surface area contributed by atoms with E-state index in [1.54, 1.807) is 0 Å². The van der Waals surface area contributed by atoms with E-state index in [9.17, 15) is 14.7 Å². The number of rotatable bonds is 12. The lowest BCUT2D eigenvalue weighted by atomic mass is 9.68. The van der Waals surface area contributed by atoms with Gasteiger partial charge in [0, 0.05) is 12.2 Å². The topological polar surface area (TPSA) is 91.3 Å². The lowest BCUT2D eigenvalue weighted by Gasteiger charge is -2.37. The van der Waals surface area contributed by atoms with Crippen LogP contribution in [0.3, 0.4) is 0 Å². The van der Waals surface area contributed by atoms with Crippen molar-refractivity contribution < 1.29 is 14.7 Å². The second-order valence-corrected chi connectivity index (χ2v) is 10.5. The van der Waals surface area contributed by atoms with Crippen LogP contribution in [0.1, 0.15) is 93.9 Å². The van der Waals surface area contributed by atoms with E-state index in [-0.39, 0.29) is 5.91 Å². The van der Waals surface area contributed by atoms with Crippen LogP contribution in [0.25, 0.3) is 0 Å². The number of carbonyl (C=O) groups is 2. The van der Waals surface area contributed by atoms with Gasteiger partial charge in [0.1, 0.15) is 11.9 Å². The highest BCUT2D eigenvalue weighted by atomic mass is 16.4. The van der Waals surface area contributed by atoms with Crippen LogP contribution in [-0.4, -0.2) is 34.6 Å². The molecule has 0 saturated heterocycles. The molecule has 1 aliphatic heterocycles. The number of anilines is 1. The van der Waals surface area contributed by atoms with Crippen molar-refractivity contribution in [3.05, 3.63) is 59.3 Å². The molecule has 1 aromatic carbocycles. The van der Waals surface area contributed by atoms with Crippen molar-refractivity contribution >= 4 is 17.7 Å². The van der Waals surface area contributed by atoms with Gasteiger partial charge in [-0.15, -0.1) is 0 Å². The van der Waals surface area contributed by atoms with Gasteiger partial charge in [-0.1, -0.05) is 81.3 Å². The molecule has 36 heavy (non-hydrogen) atoms. The Morgan fingerprint density at radius 3 is 2.47 bits per heavy atom. The molecule has 194 valence electrons. The van der Waals surface area contributed by atoms with E-state index in [1.165, 1.54) is 12.0 Å². The fourth-order valence-corrected chi connectivity index (χ4v) is 5.81. The molecule has 2 aliphatic rings. The van der Waals surface area contributed by atoms with Gasteiger partial charge in [0.05, 0.1) is 5.41 Å². The molecule has 0 unspecified atom stereocenters. The van der Waals surface area contributed by atoms with Gasteiger partial charge in [-0.2, -0.15) is 0 Å². The Morgan fingerprint density at radius 1 is 0.944 bits per heavy atom. The summed E-state index contributed by atoms with van der Waals surface area (Å²) in [5, 5.41) is 16.1. The van der Waals surface area contributed by atoms with Gasteiger partial charge in [-0.3, -0.25) is 4.79 Å². The molecular formula is C30H41N3O3. The second-order valence-electron chi connectivity index (χ2n) is 10.5. The first-order chi connectivity index (χ1) is 17.6. The number of aliphatic carboxylic acids is 1. The maximum Gasteiger partial charge on any atom is 0.326 e. The Hall–Kier alpha value is -2.89. The minimum Gasteiger partial charge on any atom is -0.480 e. The summed E-state index contributed by atoms with van der Waals surface area (Å²) >= 11 is 0. The Morgan fingerprint density at radius 2 is 1.69 bits per heavy atom. The molecule has 6 heteroatoms. The van der Waals surface area contributed by atoms with Gasteiger partial charge in [-0.05, 0) is 62.1 Å². The van der Waals surface area contributed by atoms with E-state index >= 15 is 0 Å². The SMILES string of the molecule is O=C(O)[C@H](CCCCCCCc1ccc2c(n1)NCCC2)NC(=O)C1(c2ccccc2)CCCCC1. The van der Waals surface area contributed by atoms with Crippen LogP contribution in [0.5, 0.6) is 0 Å². The van der Waals surface area contributed by atoms with Crippen LogP contribution in [0, 0.1) is 0 Å². The number of fused-ring (bicyclic) bond motifs is 1. The zero-order valence-corrected chi connectivity index (χ0v) is 21.4. The maximum absolute atomic E-state index is 13.4. The number of carboxylic acids is 1. The van der Waals surface area contributed by atoms with Crippen LogP contribution in [0.15, 0.2) is 42.5 Å². The van der Waals surface area contributed by atoms with Gasteiger partial charge < -0.3 is 15.7 Å². The van der Waals surface area contributed by atoms with Crippen molar-refractivity contribution in [1.82, 2.24) is 10.3 Å². The molecule has 1 aliphatic carbocycles. The molecule has 1 amide bonds. The van der Waals surface area contributed by atoms with Crippen molar-refractivity contribution in [2.45, 2.75) is 101 Å². The average Bonchev–Trinajstić information content (AvgIpc) is 2.92. The number of unbranched alkanes of at least 4 members (excludes halogenated alkanes) is 4. The number of hydrogen-bond donors (Lipinski definition) is 3. The predicted octanol–water partition coefficient (Wildman–Crippen LogP) is 5.79. The molecule has 3 N–H and O–H groups in total. The molecule has 1 atom stereocenters. The Labute approximate surface area is 215 Å². The fourth-order valence-electron chi connectivity index (χ4n) is 5.81. The summed E-state index contributed by atoms with van der Waals surface area (Å²) in [5.74, 6) is 0.00471. The Kier molecular flexibility index (Phi) is 9.37. The average molecular weight is 492 g/mol. The molecule has 1 fully saturated rings. The molecule has 0 spiro atoms. The number of aryl methyl sites for hydroxylation is 2. The number of carbonyl (C=O) groups excluding carboxylic acids is 1. The van der Waals surface area contributed by atoms with Gasteiger partial charge in [0.2, 0.25) is 5.91 Å². The van der Waals surface area contributed by atoms with Crippen molar-refractivity contribution in [2.24, 2.45) is 0 Å². The fraction of sp³-hybridized carbons (Fsp3) is 0.567. The van der Waals surface area contributed by atoms with Crippen LogP contribution in [0.2, 0.25) is 0 Å². The largest absolute Gasteiger partial charge is 0.480 e. The van der Waals surface area contributed by atoms with E-state index in [0.29, 0.717) is 6.42 Å². The number of carboxylic acid groups (broad SMARTS) is 1. The highest BCUT2D eigenvalue weighted by Gasteiger charge is 2.42. The molecule has 0 radical (unpaired) electrons. The summed E-state index contributed by atoms with van der Waals surface area (Å²) in [4.78, 5) is 30.2. The van der Waals surface area contributed by atoms with Crippen LogP contribution < -0.4 is 10.6 Å². The van der Waals surface area contributed by atoms with E-state index in [2.05, 4.69) is 22.8 Å². The summed E-state index contributed by atoms with van der Waals surface area (Å²) < 4.78 is 0. The lowest BCUT2D eigenvalue weighted by Crippen LogP contribution is -2.51. The second kappa shape index (κ2) is 12.9. The molecule has 1 saturated carbocycles. The van der Waals surface area contributed by atoms with E-state index in [0.717, 1.165) is 101 Å². The third-order valence-corrected chi connectivity index (χ3v) is 7.95. The first kappa shape index (κ1) is 26.2. The molecule has 1 aromatic heterocycles. The summed E-state index contributed by atoms with van der Waals surface area (Å²) in [6, 6.07) is 13.4. The molecule has 2 heterocycles. The van der Waals surface area contributed by atoms with Crippen LogP contribution in [-0.2, 0) is 27.8 Å². The standard InChI is InChI=1S/C30H41N3O3/c34-28(35)26(33-29(36)30(20-10-5-11-21-30)24-14-6-4-7-15-24)17-9-3-1-2-8-16-25-19-18-23-13-12-22-31-27(23)32-25/h4,6-7,14-15,18-19,26H,1-3,5,8-13,16-17,20-22H2,(H,31,32)(H,33,36)(H,34,35)/t26-/m0/s1. The number of amides is 1. The van der Waals surface area contributed by atoms with Gasteiger partial charge in [-0.25, -0.2) is 9.78 Å². The first-order valence-corrected chi connectivity index (χ1v) is 13.9. The minimum atomic E-state index is -0.936. The number of benzene rings is 1. The number of aromatic nitrogens is 1. The van der Waals surface area contributed by atoms with E-state index in [1.807, 2.05) is 30.3 Å². The first-order valence-electron chi connectivity index (χ1n) is 13.9. The van der Waals surface area contributed by atoms with Crippen LogP contribution in [0.4, 0.5) is 5.82 Å². The van der Waals surface area contributed by atoms with E-state index < -0.39 is 17.4 Å². The maximum atomic E-state index is 13.4. The normalized spacial score (nSPS) is 17.4. The molecule has 0 bridgehead atoms. The number of hydrogen-bond acceptors (Lipinski definition) is 4. The van der Waals surface area contributed by atoms with Crippen molar-refractivity contribution in [2.75, 3.05) is 11.9 Å². The smallest absolute Gasteiger partial charge is 0.326 e. The molecule has 6 nitrogen and oxygen atoms in total. The molecular weight excluding hydrogens is 450 g/mol. The zero-order chi connectivity index (χ0) is 25.2. The van der Waals surface area contributed by atoms with Gasteiger partial charge in [0.15, 0.2) is 0 Å². The summed E-state index contributed by atoms with van der Waals surface area (Å²) in [5.41, 5.74) is 2.87. The number of nitrogens with one attached hydrogen (secondary N) is 2. The predicted molar refractivity (Wildman–Crippen MR) is 143 cm³/mol. The highest BCUT2D eigenvalue weighted by Crippen LogP contribution is 2.39. The lowest BCUT2D eigenvalue weighted by molar-refractivity contribution is -0.143. The third-order valence-electron chi connectivity index (χ3n) is 7.95. The molecule has 4 rings (SSSR count). The Balaban J connectivity index is 1.20. The minimum absolute atomic E-state index is 0.118. The van der Waals surface area contributed by atoms with E-state index in [4.69, 9.17) is 4.98 Å². The number of pyridine rings is 1. The highest BCUT2D eigenvalue weighted by molar-refractivity contribution is 5.91. The van der Waals surface area contributed by atoms with Crippen molar-refractivity contribution in [3.8, 4) is 0 Å². The van der Waals surface area contributed by atoms with Gasteiger partial charge >= 0.3 is 5.97 Å². The monoisotopic (exact) mass is 491 g/mol.